The number of fused-ring (bicyclic) bond motifs is 2. The molecular weight excluding hydrogens is 358 g/mol. The van der Waals surface area contributed by atoms with Gasteiger partial charge in [-0.15, -0.1) is 0 Å². The molecule has 0 aliphatic heterocycles. The highest BCUT2D eigenvalue weighted by atomic mass is 32.2. The standard InChI is InChI=1S/C21H19N3O2S/c1-14-7-12-18-20(13-14)23-19-6-4-3-5-17(19)21(18)22-15-8-10-16(11-9-15)24-27(2,25)26/h3-13,24H,1-2H3,(H,22,23)/p+1. The second-order valence-corrected chi connectivity index (χ2v) is 8.42. The molecule has 0 aliphatic carbocycles. The van der Waals surface area contributed by atoms with Gasteiger partial charge in [-0.25, -0.2) is 13.4 Å². The van der Waals surface area contributed by atoms with Gasteiger partial charge in [0.2, 0.25) is 21.1 Å². The number of aromatic nitrogens is 1. The lowest BCUT2D eigenvalue weighted by molar-refractivity contribution is -0.310. The Bertz CT molecular complexity index is 1250. The second kappa shape index (κ2) is 6.55. The quantitative estimate of drug-likeness (QED) is 0.522. The zero-order chi connectivity index (χ0) is 19.0. The number of nitrogens with one attached hydrogen (secondary N) is 3. The lowest BCUT2D eigenvalue weighted by Crippen LogP contribution is -2.09. The van der Waals surface area contributed by atoms with E-state index in [0.717, 1.165) is 39.4 Å². The Hall–Kier alpha value is -3.12. The van der Waals surface area contributed by atoms with Crippen molar-refractivity contribution in [2.75, 3.05) is 16.3 Å². The van der Waals surface area contributed by atoms with Crippen LogP contribution in [0, 0.1) is 6.92 Å². The van der Waals surface area contributed by atoms with E-state index < -0.39 is 10.0 Å². The summed E-state index contributed by atoms with van der Waals surface area (Å²) in [6, 6.07) is 21.7. The first kappa shape index (κ1) is 17.3. The topological polar surface area (TPSA) is 72.3 Å². The molecule has 4 aromatic rings. The molecule has 6 heteroatoms. The fraction of sp³-hybridized carbons (Fsp3) is 0.0952. The maximum atomic E-state index is 11.4. The monoisotopic (exact) mass is 378 g/mol. The van der Waals surface area contributed by atoms with Crippen LogP contribution in [0.25, 0.3) is 21.8 Å². The number of anilines is 3. The van der Waals surface area contributed by atoms with Crippen LogP contribution < -0.4 is 15.0 Å². The molecule has 27 heavy (non-hydrogen) atoms. The highest BCUT2D eigenvalue weighted by molar-refractivity contribution is 7.92. The van der Waals surface area contributed by atoms with Crippen molar-refractivity contribution in [3.63, 3.8) is 0 Å². The molecule has 1 heterocycles. The largest absolute Gasteiger partial charge is 0.354 e. The highest BCUT2D eigenvalue weighted by Gasteiger charge is 2.14. The van der Waals surface area contributed by atoms with Crippen LogP contribution in [0.3, 0.4) is 0 Å². The van der Waals surface area contributed by atoms with Crippen LogP contribution in [0.1, 0.15) is 5.56 Å². The Morgan fingerprint density at radius 2 is 1.48 bits per heavy atom. The molecule has 5 nitrogen and oxygen atoms in total. The Morgan fingerprint density at radius 3 is 2.22 bits per heavy atom. The van der Waals surface area contributed by atoms with Crippen LogP contribution in [0.5, 0.6) is 0 Å². The average Bonchev–Trinajstić information content (AvgIpc) is 2.61. The van der Waals surface area contributed by atoms with Crippen molar-refractivity contribution < 1.29 is 13.4 Å². The summed E-state index contributed by atoms with van der Waals surface area (Å²) in [5, 5.41) is 5.69. The molecule has 0 atom stereocenters. The van der Waals surface area contributed by atoms with Gasteiger partial charge in [0.25, 0.3) is 0 Å². The summed E-state index contributed by atoms with van der Waals surface area (Å²) in [5.74, 6) is 0. The summed E-state index contributed by atoms with van der Waals surface area (Å²) < 4.78 is 25.2. The van der Waals surface area contributed by atoms with Crippen molar-refractivity contribution >= 4 is 48.9 Å². The average molecular weight is 378 g/mol. The summed E-state index contributed by atoms with van der Waals surface area (Å²) in [6.07, 6.45) is 1.14. The maximum absolute atomic E-state index is 11.4. The Balaban J connectivity index is 1.80. The number of pyridine rings is 1. The molecule has 0 unspecified atom stereocenters. The zero-order valence-corrected chi connectivity index (χ0v) is 15.9. The predicted molar refractivity (Wildman–Crippen MR) is 111 cm³/mol. The van der Waals surface area contributed by atoms with Crippen LogP contribution >= 0.6 is 0 Å². The van der Waals surface area contributed by atoms with E-state index in [1.54, 1.807) is 12.1 Å². The first-order chi connectivity index (χ1) is 12.9. The third kappa shape index (κ3) is 3.71. The minimum Gasteiger partial charge on any atom is -0.354 e. The number of aryl methyl sites for hydroxylation is 1. The predicted octanol–water partition coefficient (Wildman–Crippen LogP) is 4.23. The van der Waals surface area contributed by atoms with E-state index in [2.05, 4.69) is 52.3 Å². The van der Waals surface area contributed by atoms with Crippen LogP contribution in [-0.2, 0) is 10.0 Å². The Morgan fingerprint density at radius 1 is 0.815 bits per heavy atom. The molecule has 0 saturated heterocycles. The van der Waals surface area contributed by atoms with E-state index in [1.807, 2.05) is 24.3 Å². The number of hydrogen-bond donors (Lipinski definition) is 2. The van der Waals surface area contributed by atoms with Gasteiger partial charge in [-0.1, -0.05) is 18.2 Å². The van der Waals surface area contributed by atoms with Crippen LogP contribution in [0.2, 0.25) is 0 Å². The zero-order valence-electron chi connectivity index (χ0n) is 15.1. The van der Waals surface area contributed by atoms with E-state index in [1.165, 1.54) is 5.56 Å². The molecule has 0 radical (unpaired) electrons. The molecule has 0 saturated carbocycles. The van der Waals surface area contributed by atoms with E-state index in [9.17, 15) is 8.42 Å². The van der Waals surface area contributed by atoms with Crippen molar-refractivity contribution in [3.05, 3.63) is 72.3 Å². The van der Waals surface area contributed by atoms with Crippen molar-refractivity contribution in [2.24, 2.45) is 0 Å². The molecule has 0 amide bonds. The van der Waals surface area contributed by atoms with Gasteiger partial charge in [-0.2, -0.15) is 0 Å². The minimum absolute atomic E-state index is 0.537. The van der Waals surface area contributed by atoms with E-state index >= 15 is 0 Å². The van der Waals surface area contributed by atoms with Gasteiger partial charge in [0.05, 0.1) is 22.7 Å². The van der Waals surface area contributed by atoms with Gasteiger partial charge in [-0.3, -0.25) is 4.72 Å². The fourth-order valence-corrected chi connectivity index (χ4v) is 3.76. The van der Waals surface area contributed by atoms with Crippen LogP contribution in [0.4, 0.5) is 17.1 Å². The maximum Gasteiger partial charge on any atom is 0.229 e. The molecule has 0 spiro atoms. The van der Waals surface area contributed by atoms with Crippen molar-refractivity contribution in [2.45, 2.75) is 6.92 Å². The molecule has 3 N–H and O–H groups in total. The number of benzene rings is 3. The van der Waals surface area contributed by atoms with Crippen LogP contribution in [-0.4, -0.2) is 14.7 Å². The third-order valence-corrected chi connectivity index (χ3v) is 4.97. The van der Waals surface area contributed by atoms with Crippen molar-refractivity contribution in [3.8, 4) is 0 Å². The number of aromatic amines is 1. The van der Waals surface area contributed by atoms with Gasteiger partial charge < -0.3 is 5.32 Å². The minimum atomic E-state index is -3.29. The first-order valence-electron chi connectivity index (χ1n) is 8.58. The van der Waals surface area contributed by atoms with Crippen LogP contribution in [0.15, 0.2) is 66.7 Å². The summed E-state index contributed by atoms with van der Waals surface area (Å²) >= 11 is 0. The summed E-state index contributed by atoms with van der Waals surface area (Å²) in [6.45, 7) is 2.07. The molecule has 3 aromatic carbocycles. The molecule has 4 rings (SSSR count). The van der Waals surface area contributed by atoms with E-state index in [4.69, 9.17) is 0 Å². The number of para-hydroxylation sites is 1. The normalized spacial score (nSPS) is 11.6. The Labute approximate surface area is 158 Å². The number of rotatable bonds is 4. The lowest BCUT2D eigenvalue weighted by Gasteiger charge is -2.12. The lowest BCUT2D eigenvalue weighted by atomic mass is 10.1. The summed E-state index contributed by atoms with van der Waals surface area (Å²) in [4.78, 5) is 3.49. The third-order valence-electron chi connectivity index (χ3n) is 4.37. The highest BCUT2D eigenvalue weighted by Crippen LogP contribution is 2.32. The molecular formula is C21H20N3O2S+. The number of sulfonamides is 1. The first-order valence-corrected chi connectivity index (χ1v) is 10.5. The number of H-pyrrole nitrogens is 1. The van der Waals surface area contributed by atoms with Gasteiger partial charge in [-0.05, 0) is 48.9 Å². The molecule has 0 aliphatic rings. The summed E-state index contributed by atoms with van der Waals surface area (Å²) in [7, 11) is -3.29. The number of hydrogen-bond acceptors (Lipinski definition) is 3. The molecule has 0 bridgehead atoms. The molecule has 136 valence electrons. The summed E-state index contributed by atoms with van der Waals surface area (Å²) in [5.41, 5.74) is 5.74. The van der Waals surface area contributed by atoms with E-state index in [0.29, 0.717) is 5.69 Å². The van der Waals surface area contributed by atoms with Gasteiger partial charge >= 0.3 is 0 Å². The smallest absolute Gasteiger partial charge is 0.229 e. The second-order valence-electron chi connectivity index (χ2n) is 6.67. The molecule has 1 aromatic heterocycles. The van der Waals surface area contributed by atoms with Gasteiger partial charge in [0.1, 0.15) is 0 Å². The van der Waals surface area contributed by atoms with Gasteiger partial charge in [0, 0.05) is 23.5 Å². The Kier molecular flexibility index (Phi) is 4.20. The van der Waals surface area contributed by atoms with E-state index in [-0.39, 0.29) is 0 Å². The van der Waals surface area contributed by atoms with Crippen molar-refractivity contribution in [1.29, 1.82) is 0 Å². The van der Waals surface area contributed by atoms with Gasteiger partial charge in [0.15, 0.2) is 0 Å². The molecule has 0 fully saturated rings. The van der Waals surface area contributed by atoms with Crippen molar-refractivity contribution in [1.82, 2.24) is 0 Å². The fourth-order valence-electron chi connectivity index (χ4n) is 3.19. The SMILES string of the molecule is Cc1ccc2c(Nc3ccc(NS(C)(=O)=O)cc3)c3ccccc3[nH+]c2c1.